The van der Waals surface area contributed by atoms with E-state index in [9.17, 15) is 13.6 Å². The number of thioether (sulfide) groups is 1. The maximum atomic E-state index is 12.2. The van der Waals surface area contributed by atoms with E-state index in [4.69, 9.17) is 4.74 Å². The van der Waals surface area contributed by atoms with E-state index in [1.165, 1.54) is 0 Å². The highest BCUT2D eigenvalue weighted by molar-refractivity contribution is 7.99. The molecule has 116 valence electrons. The van der Waals surface area contributed by atoms with Crippen LogP contribution in [0.15, 0.2) is 29.2 Å². The predicted octanol–water partition coefficient (Wildman–Crippen LogP) is 3.64. The number of hydrogen-bond acceptors (Lipinski definition) is 3. The molecule has 0 saturated carbocycles. The van der Waals surface area contributed by atoms with Crippen LogP contribution in [0.25, 0.3) is 0 Å². The summed E-state index contributed by atoms with van der Waals surface area (Å²) in [6, 6.07) is 6.20. The number of methoxy groups -OCH3 is 1. The Hall–Kier alpha value is -1.34. The number of benzene rings is 1. The second kappa shape index (κ2) is 7.61. The van der Waals surface area contributed by atoms with Gasteiger partial charge in [0.05, 0.1) is 6.10 Å². The first-order valence-corrected chi connectivity index (χ1v) is 7.60. The summed E-state index contributed by atoms with van der Waals surface area (Å²) in [6.07, 6.45) is 1.95. The van der Waals surface area contributed by atoms with Crippen LogP contribution in [0.5, 0.6) is 0 Å². The molecule has 0 aliphatic carbocycles. The van der Waals surface area contributed by atoms with E-state index in [0.29, 0.717) is 35.4 Å². The molecule has 4 nitrogen and oxygen atoms in total. The van der Waals surface area contributed by atoms with Crippen LogP contribution < -0.4 is 5.32 Å². The third-order valence-corrected chi connectivity index (χ3v) is 4.05. The molecule has 0 bridgehead atoms. The molecule has 21 heavy (non-hydrogen) atoms. The van der Waals surface area contributed by atoms with Crippen LogP contribution in [0, 0.1) is 0 Å². The van der Waals surface area contributed by atoms with E-state index in [-0.39, 0.29) is 12.1 Å². The highest BCUT2D eigenvalue weighted by Crippen LogP contribution is 2.26. The topological polar surface area (TPSA) is 41.6 Å². The summed E-state index contributed by atoms with van der Waals surface area (Å²) >= 11 is 0.484. The summed E-state index contributed by atoms with van der Waals surface area (Å²) < 4.78 is 29.7. The van der Waals surface area contributed by atoms with Gasteiger partial charge in [-0.05, 0) is 37.1 Å². The number of anilines is 1. The molecule has 1 aliphatic rings. The SMILES string of the molecule is CO[C@@H]1CCCN(C(=O)Nc2ccc(SC(F)F)cc2)C1. The molecule has 1 N–H and O–H groups in total. The Morgan fingerprint density at radius 3 is 2.76 bits per heavy atom. The van der Waals surface area contributed by atoms with E-state index in [2.05, 4.69) is 5.32 Å². The van der Waals surface area contributed by atoms with Crippen molar-refractivity contribution in [2.45, 2.75) is 29.6 Å². The van der Waals surface area contributed by atoms with Crippen molar-refractivity contribution in [2.24, 2.45) is 0 Å². The highest BCUT2D eigenvalue weighted by Gasteiger charge is 2.23. The number of carbonyl (C=O) groups is 1. The molecule has 0 spiro atoms. The number of urea groups is 1. The van der Waals surface area contributed by atoms with Gasteiger partial charge in [-0.3, -0.25) is 0 Å². The van der Waals surface area contributed by atoms with Crippen LogP contribution in [0.3, 0.4) is 0 Å². The fourth-order valence-corrected chi connectivity index (χ4v) is 2.74. The van der Waals surface area contributed by atoms with Gasteiger partial charge in [-0.2, -0.15) is 8.78 Å². The van der Waals surface area contributed by atoms with Gasteiger partial charge >= 0.3 is 6.03 Å². The van der Waals surface area contributed by atoms with Gasteiger partial charge in [0, 0.05) is 30.8 Å². The number of alkyl halides is 2. The van der Waals surface area contributed by atoms with Gasteiger partial charge in [-0.25, -0.2) is 4.79 Å². The summed E-state index contributed by atoms with van der Waals surface area (Å²) in [5.74, 6) is -2.44. The van der Waals surface area contributed by atoms with Crippen LogP contribution in [-0.2, 0) is 4.74 Å². The average molecular weight is 316 g/mol. The second-order valence-corrected chi connectivity index (χ2v) is 5.84. The highest BCUT2D eigenvalue weighted by atomic mass is 32.2. The number of carbonyl (C=O) groups excluding carboxylic acids is 1. The first kappa shape index (κ1) is 16.0. The van der Waals surface area contributed by atoms with Crippen LogP contribution in [0.2, 0.25) is 0 Å². The molecule has 7 heteroatoms. The zero-order valence-electron chi connectivity index (χ0n) is 11.7. The molecule has 1 saturated heterocycles. The van der Waals surface area contributed by atoms with Crippen molar-refractivity contribution in [3.8, 4) is 0 Å². The lowest BCUT2D eigenvalue weighted by Gasteiger charge is -2.31. The first-order chi connectivity index (χ1) is 10.1. The molecule has 1 fully saturated rings. The van der Waals surface area contributed by atoms with E-state index >= 15 is 0 Å². The lowest BCUT2D eigenvalue weighted by molar-refractivity contribution is 0.0458. The standard InChI is InChI=1S/C14H18F2N2O2S/c1-20-11-3-2-8-18(9-11)14(19)17-10-4-6-12(7-5-10)21-13(15)16/h4-7,11,13H,2-3,8-9H2,1H3,(H,17,19)/t11-/m1/s1. The van der Waals surface area contributed by atoms with Gasteiger partial charge in [-0.15, -0.1) is 0 Å². The molecule has 0 unspecified atom stereocenters. The minimum absolute atomic E-state index is 0.0781. The molecule has 0 radical (unpaired) electrons. The predicted molar refractivity (Wildman–Crippen MR) is 78.9 cm³/mol. The van der Waals surface area contributed by atoms with Crippen molar-refractivity contribution in [3.63, 3.8) is 0 Å². The quantitative estimate of drug-likeness (QED) is 0.862. The van der Waals surface area contributed by atoms with Crippen LogP contribution >= 0.6 is 11.8 Å². The van der Waals surface area contributed by atoms with Crippen molar-refractivity contribution in [1.82, 2.24) is 4.90 Å². The summed E-state index contributed by atoms with van der Waals surface area (Å²) in [4.78, 5) is 14.3. The van der Waals surface area contributed by atoms with Crippen LogP contribution in [0.4, 0.5) is 19.3 Å². The van der Waals surface area contributed by atoms with Crippen molar-refractivity contribution in [1.29, 1.82) is 0 Å². The number of nitrogens with zero attached hydrogens (tertiary/aromatic N) is 1. The zero-order chi connectivity index (χ0) is 15.2. The molecule has 1 heterocycles. The monoisotopic (exact) mass is 316 g/mol. The van der Waals surface area contributed by atoms with Crippen LogP contribution in [-0.4, -0.2) is 43.0 Å². The largest absolute Gasteiger partial charge is 0.380 e. The smallest absolute Gasteiger partial charge is 0.321 e. The molecular weight excluding hydrogens is 298 g/mol. The number of likely N-dealkylation sites (tertiary alicyclic amines) is 1. The molecule has 2 rings (SSSR count). The molecule has 1 aromatic rings. The molecule has 2 amide bonds. The Kier molecular flexibility index (Phi) is 5.81. The second-order valence-electron chi connectivity index (χ2n) is 4.78. The number of ether oxygens (including phenoxy) is 1. The summed E-state index contributed by atoms with van der Waals surface area (Å²) in [5, 5.41) is 2.77. The van der Waals surface area contributed by atoms with Gasteiger partial charge in [0.2, 0.25) is 0 Å². The average Bonchev–Trinajstić information content (AvgIpc) is 2.49. The number of piperidine rings is 1. The Morgan fingerprint density at radius 2 is 2.14 bits per heavy atom. The van der Waals surface area contributed by atoms with Crippen LogP contribution in [0.1, 0.15) is 12.8 Å². The normalized spacial score (nSPS) is 18.9. The van der Waals surface area contributed by atoms with Gasteiger partial charge < -0.3 is 15.0 Å². The number of halogens is 2. The zero-order valence-corrected chi connectivity index (χ0v) is 12.5. The van der Waals surface area contributed by atoms with E-state index in [0.717, 1.165) is 12.8 Å². The van der Waals surface area contributed by atoms with Crippen molar-refractivity contribution in [2.75, 3.05) is 25.5 Å². The Bertz CT molecular complexity index is 471. The lowest BCUT2D eigenvalue weighted by Crippen LogP contribution is -2.44. The number of hydrogen-bond donors (Lipinski definition) is 1. The van der Waals surface area contributed by atoms with Crippen molar-refractivity contribution in [3.05, 3.63) is 24.3 Å². The Balaban J connectivity index is 1.90. The van der Waals surface area contributed by atoms with Gasteiger partial charge in [0.1, 0.15) is 0 Å². The molecule has 1 aliphatic heterocycles. The van der Waals surface area contributed by atoms with Gasteiger partial charge in [0.15, 0.2) is 0 Å². The maximum Gasteiger partial charge on any atom is 0.321 e. The Morgan fingerprint density at radius 1 is 1.43 bits per heavy atom. The van der Waals surface area contributed by atoms with E-state index in [1.807, 2.05) is 0 Å². The number of amides is 2. The minimum atomic E-state index is -2.44. The third kappa shape index (κ3) is 4.86. The third-order valence-electron chi connectivity index (χ3n) is 3.33. The molecule has 1 atom stereocenters. The van der Waals surface area contributed by atoms with Crippen molar-refractivity contribution >= 4 is 23.5 Å². The van der Waals surface area contributed by atoms with E-state index < -0.39 is 5.76 Å². The fraction of sp³-hybridized carbons (Fsp3) is 0.500. The number of nitrogens with one attached hydrogen (secondary N) is 1. The lowest BCUT2D eigenvalue weighted by atomic mass is 10.1. The molecular formula is C14H18F2N2O2S. The summed E-state index contributed by atoms with van der Waals surface area (Å²) in [6.45, 7) is 1.27. The summed E-state index contributed by atoms with van der Waals surface area (Å²) in [7, 11) is 1.64. The fourth-order valence-electron chi connectivity index (χ4n) is 2.24. The summed E-state index contributed by atoms with van der Waals surface area (Å²) in [5.41, 5.74) is 0.596. The number of rotatable bonds is 4. The maximum absolute atomic E-state index is 12.2. The Labute approximate surface area is 126 Å². The first-order valence-electron chi connectivity index (χ1n) is 6.72. The van der Waals surface area contributed by atoms with Gasteiger partial charge in [0.25, 0.3) is 5.76 Å². The molecule has 0 aromatic heterocycles. The van der Waals surface area contributed by atoms with Crippen molar-refractivity contribution < 1.29 is 18.3 Å². The minimum Gasteiger partial charge on any atom is -0.380 e. The molecule has 1 aromatic carbocycles. The van der Waals surface area contributed by atoms with E-state index in [1.54, 1.807) is 36.3 Å². The van der Waals surface area contributed by atoms with Gasteiger partial charge in [-0.1, -0.05) is 11.8 Å².